The lowest BCUT2D eigenvalue weighted by Gasteiger charge is -2.33. The molecule has 1 aliphatic heterocycles. The fourth-order valence-electron chi connectivity index (χ4n) is 1.44. The summed E-state index contributed by atoms with van der Waals surface area (Å²) in [5, 5.41) is 13.0. The summed E-state index contributed by atoms with van der Waals surface area (Å²) in [4.78, 5) is 11.6. The Kier molecular flexibility index (Phi) is 3.17. The number of carbonyl (C=O) groups excluding carboxylic acids is 1. The van der Waals surface area contributed by atoms with Crippen LogP contribution in [0, 0.1) is 0 Å². The highest BCUT2D eigenvalue weighted by Crippen LogP contribution is 2.20. The van der Waals surface area contributed by atoms with E-state index in [1.165, 1.54) is 0 Å². The molecule has 14 heavy (non-hydrogen) atoms. The molecule has 0 spiro atoms. The average molecular weight is 201 g/mol. The second-order valence-corrected chi connectivity index (χ2v) is 4.81. The van der Waals surface area contributed by atoms with Crippen LogP contribution in [0.3, 0.4) is 0 Å². The molecule has 1 fully saturated rings. The van der Waals surface area contributed by atoms with Crippen molar-refractivity contribution in [2.45, 2.75) is 44.8 Å². The first kappa shape index (κ1) is 11.5. The van der Waals surface area contributed by atoms with Crippen LogP contribution in [0.1, 0.15) is 33.6 Å². The molecule has 0 aromatic heterocycles. The molecular weight excluding hydrogens is 182 g/mol. The minimum atomic E-state index is -1.33. The number of β-amino-alcohol motifs (C(OH)–C–C–N with tert-alkyl or cyclic N) is 1. The van der Waals surface area contributed by atoms with E-state index in [-0.39, 0.29) is 0 Å². The summed E-state index contributed by atoms with van der Waals surface area (Å²) in [6, 6.07) is 0. The van der Waals surface area contributed by atoms with E-state index in [0.29, 0.717) is 13.0 Å². The normalized spacial score (nSPS) is 28.6. The summed E-state index contributed by atoms with van der Waals surface area (Å²) < 4.78 is 5.15. The Hall–Kier alpha value is -0.610. The van der Waals surface area contributed by atoms with Gasteiger partial charge in [0.1, 0.15) is 5.60 Å². The van der Waals surface area contributed by atoms with Crippen molar-refractivity contribution in [3.05, 3.63) is 0 Å². The Morgan fingerprint density at radius 3 is 2.57 bits per heavy atom. The summed E-state index contributed by atoms with van der Waals surface area (Å²) in [5.41, 5.74) is -1.87. The third-order valence-corrected chi connectivity index (χ3v) is 2.14. The predicted molar refractivity (Wildman–Crippen MR) is 52.9 cm³/mol. The van der Waals surface area contributed by atoms with Crippen molar-refractivity contribution in [2.75, 3.05) is 13.1 Å². The van der Waals surface area contributed by atoms with Gasteiger partial charge in [0, 0.05) is 6.54 Å². The Bertz CT molecular complexity index is 214. The number of aliphatic hydroxyl groups is 1. The molecule has 0 aromatic rings. The van der Waals surface area contributed by atoms with Gasteiger partial charge in [0.05, 0.1) is 0 Å². The van der Waals surface area contributed by atoms with E-state index in [0.717, 1.165) is 13.0 Å². The summed E-state index contributed by atoms with van der Waals surface area (Å²) in [6.07, 6.45) is 1.28. The van der Waals surface area contributed by atoms with Gasteiger partial charge in [0.25, 0.3) is 0 Å². The topological polar surface area (TPSA) is 58.6 Å². The van der Waals surface area contributed by atoms with Gasteiger partial charge < -0.3 is 15.2 Å². The summed E-state index contributed by atoms with van der Waals surface area (Å²) in [5.74, 6) is -0.516. The molecule has 4 heteroatoms. The smallest absolute Gasteiger partial charge is 0.339 e. The minimum Gasteiger partial charge on any atom is -0.458 e. The van der Waals surface area contributed by atoms with Gasteiger partial charge in [-0.3, -0.25) is 0 Å². The monoisotopic (exact) mass is 201 g/mol. The van der Waals surface area contributed by atoms with Crippen molar-refractivity contribution < 1.29 is 14.6 Å². The Morgan fingerprint density at radius 1 is 1.50 bits per heavy atom. The third-order valence-electron chi connectivity index (χ3n) is 2.14. The maximum atomic E-state index is 11.6. The molecule has 1 heterocycles. The van der Waals surface area contributed by atoms with Crippen LogP contribution in [0.5, 0.6) is 0 Å². The van der Waals surface area contributed by atoms with Crippen molar-refractivity contribution >= 4 is 5.97 Å². The molecule has 0 amide bonds. The zero-order chi connectivity index (χ0) is 10.8. The minimum absolute atomic E-state index is 0.294. The van der Waals surface area contributed by atoms with Crippen LogP contribution in [-0.4, -0.2) is 35.4 Å². The first-order chi connectivity index (χ1) is 6.33. The zero-order valence-electron chi connectivity index (χ0n) is 9.09. The second-order valence-electron chi connectivity index (χ2n) is 4.81. The van der Waals surface area contributed by atoms with E-state index in [1.54, 1.807) is 20.8 Å². The van der Waals surface area contributed by atoms with Crippen molar-refractivity contribution in [3.8, 4) is 0 Å². The highest BCUT2D eigenvalue weighted by Gasteiger charge is 2.40. The molecule has 1 rings (SSSR count). The molecule has 2 N–H and O–H groups in total. The lowest BCUT2D eigenvalue weighted by atomic mass is 9.94. The highest BCUT2D eigenvalue weighted by atomic mass is 16.6. The molecule has 1 aliphatic rings. The lowest BCUT2D eigenvalue weighted by Crippen LogP contribution is -2.53. The highest BCUT2D eigenvalue weighted by molar-refractivity contribution is 5.80. The molecule has 0 aliphatic carbocycles. The Labute approximate surface area is 84.6 Å². The van der Waals surface area contributed by atoms with Crippen molar-refractivity contribution in [3.63, 3.8) is 0 Å². The molecule has 0 unspecified atom stereocenters. The van der Waals surface area contributed by atoms with Crippen LogP contribution in [0.25, 0.3) is 0 Å². The van der Waals surface area contributed by atoms with Crippen LogP contribution in [0.2, 0.25) is 0 Å². The van der Waals surface area contributed by atoms with Gasteiger partial charge in [-0.05, 0) is 40.2 Å². The molecule has 0 aromatic carbocycles. The van der Waals surface area contributed by atoms with E-state index in [1.807, 2.05) is 0 Å². The van der Waals surface area contributed by atoms with Crippen LogP contribution >= 0.6 is 0 Å². The molecule has 4 nitrogen and oxygen atoms in total. The van der Waals surface area contributed by atoms with Crippen LogP contribution in [0.15, 0.2) is 0 Å². The van der Waals surface area contributed by atoms with Crippen molar-refractivity contribution in [1.82, 2.24) is 5.32 Å². The molecule has 0 saturated carbocycles. The standard InChI is InChI=1S/C10H19NO3/c1-9(2,3)14-8(12)10(13)5-4-6-11-7-10/h11,13H,4-7H2,1-3H3/t10-/m1/s1. The number of nitrogens with one attached hydrogen (secondary N) is 1. The quantitative estimate of drug-likeness (QED) is 0.604. The first-order valence-electron chi connectivity index (χ1n) is 5.00. The van der Waals surface area contributed by atoms with Crippen LogP contribution in [0.4, 0.5) is 0 Å². The summed E-state index contributed by atoms with van der Waals surface area (Å²) >= 11 is 0. The maximum absolute atomic E-state index is 11.6. The SMILES string of the molecule is CC(C)(C)OC(=O)[C@@]1(O)CCCNC1. The first-order valence-corrected chi connectivity index (χ1v) is 5.00. The molecule has 1 saturated heterocycles. The van der Waals surface area contributed by atoms with Crippen LogP contribution in [-0.2, 0) is 9.53 Å². The number of ether oxygens (including phenoxy) is 1. The van der Waals surface area contributed by atoms with E-state index in [2.05, 4.69) is 5.32 Å². The van der Waals surface area contributed by atoms with Crippen molar-refractivity contribution in [2.24, 2.45) is 0 Å². The summed E-state index contributed by atoms with van der Waals surface area (Å²) in [6.45, 7) is 6.53. The number of hydrogen-bond acceptors (Lipinski definition) is 4. The van der Waals surface area contributed by atoms with E-state index in [4.69, 9.17) is 4.74 Å². The van der Waals surface area contributed by atoms with Gasteiger partial charge in [0.15, 0.2) is 5.60 Å². The second kappa shape index (κ2) is 3.87. The fraction of sp³-hybridized carbons (Fsp3) is 0.900. The number of carbonyl (C=O) groups is 1. The Morgan fingerprint density at radius 2 is 2.14 bits per heavy atom. The van der Waals surface area contributed by atoms with Gasteiger partial charge in [-0.15, -0.1) is 0 Å². The maximum Gasteiger partial charge on any atom is 0.339 e. The van der Waals surface area contributed by atoms with Gasteiger partial charge >= 0.3 is 5.97 Å². The predicted octanol–water partition coefficient (Wildman–Crippen LogP) is 0.443. The molecule has 1 atom stereocenters. The summed E-state index contributed by atoms with van der Waals surface area (Å²) in [7, 11) is 0. The van der Waals surface area contributed by atoms with Gasteiger partial charge in [-0.2, -0.15) is 0 Å². The Balaban J connectivity index is 2.58. The van der Waals surface area contributed by atoms with E-state index < -0.39 is 17.2 Å². The largest absolute Gasteiger partial charge is 0.458 e. The van der Waals surface area contributed by atoms with E-state index >= 15 is 0 Å². The van der Waals surface area contributed by atoms with Crippen LogP contribution < -0.4 is 5.32 Å². The zero-order valence-corrected chi connectivity index (χ0v) is 9.09. The molecule has 0 bridgehead atoms. The third kappa shape index (κ3) is 2.96. The number of rotatable bonds is 1. The number of esters is 1. The molecule has 0 radical (unpaired) electrons. The molecular formula is C10H19NO3. The molecule has 82 valence electrons. The number of piperidine rings is 1. The lowest BCUT2D eigenvalue weighted by molar-refractivity contribution is -0.178. The van der Waals surface area contributed by atoms with Crippen molar-refractivity contribution in [1.29, 1.82) is 0 Å². The van der Waals surface area contributed by atoms with E-state index in [9.17, 15) is 9.90 Å². The number of hydrogen-bond donors (Lipinski definition) is 2. The average Bonchev–Trinajstić information content (AvgIpc) is 2.02. The van der Waals surface area contributed by atoms with Gasteiger partial charge in [-0.25, -0.2) is 4.79 Å². The fourth-order valence-corrected chi connectivity index (χ4v) is 1.44. The van der Waals surface area contributed by atoms with Gasteiger partial charge in [-0.1, -0.05) is 0 Å². The van der Waals surface area contributed by atoms with Gasteiger partial charge in [0.2, 0.25) is 0 Å².